The molecule has 0 radical (unpaired) electrons. The van der Waals surface area contributed by atoms with Crippen molar-refractivity contribution in [1.82, 2.24) is 15.1 Å². The standard InChI is InChI=1S/C23H34N4O3/c1-26(2)23(30)17-8-6-12-20(14-17)24-21(28)16-27-13-7-9-18(15-27)22(29)25-19-10-4-3-5-11-19/h6,8,12,14,18-19H,3-5,7,9-11,13,15-16H2,1-2H3,(H,24,28)(H,25,29). The molecule has 1 aromatic rings. The molecule has 0 aromatic heterocycles. The van der Waals surface area contributed by atoms with E-state index >= 15 is 0 Å². The summed E-state index contributed by atoms with van der Waals surface area (Å²) in [6.07, 6.45) is 7.63. The van der Waals surface area contributed by atoms with E-state index in [9.17, 15) is 14.4 Å². The zero-order valence-corrected chi connectivity index (χ0v) is 18.2. The Morgan fingerprint density at radius 3 is 2.57 bits per heavy atom. The Hall–Kier alpha value is -2.41. The lowest BCUT2D eigenvalue weighted by Gasteiger charge is -2.33. The highest BCUT2D eigenvalue weighted by molar-refractivity contribution is 5.97. The van der Waals surface area contributed by atoms with Crippen molar-refractivity contribution < 1.29 is 14.4 Å². The van der Waals surface area contributed by atoms with Crippen LogP contribution in [0, 0.1) is 5.92 Å². The van der Waals surface area contributed by atoms with Gasteiger partial charge in [0.2, 0.25) is 11.8 Å². The van der Waals surface area contributed by atoms with E-state index in [4.69, 9.17) is 0 Å². The molecule has 7 nitrogen and oxygen atoms in total. The number of benzene rings is 1. The van der Waals surface area contributed by atoms with Crippen molar-refractivity contribution in [3.63, 3.8) is 0 Å². The van der Waals surface area contributed by atoms with E-state index in [1.54, 1.807) is 38.4 Å². The second-order valence-corrected chi connectivity index (χ2v) is 8.75. The van der Waals surface area contributed by atoms with Gasteiger partial charge in [-0.3, -0.25) is 19.3 Å². The summed E-state index contributed by atoms with van der Waals surface area (Å²) in [7, 11) is 3.40. The number of nitrogens with one attached hydrogen (secondary N) is 2. The molecule has 2 N–H and O–H groups in total. The van der Waals surface area contributed by atoms with Crippen LogP contribution in [0.4, 0.5) is 5.69 Å². The minimum absolute atomic E-state index is 0.0467. The van der Waals surface area contributed by atoms with Gasteiger partial charge in [-0.05, 0) is 50.4 Å². The van der Waals surface area contributed by atoms with Crippen LogP contribution in [0.25, 0.3) is 0 Å². The summed E-state index contributed by atoms with van der Waals surface area (Å²) in [5.74, 6) is -0.136. The molecule has 1 saturated carbocycles. The van der Waals surface area contributed by atoms with Gasteiger partial charge in [0.15, 0.2) is 0 Å². The minimum atomic E-state index is -0.127. The van der Waals surface area contributed by atoms with Crippen LogP contribution < -0.4 is 10.6 Å². The first-order valence-corrected chi connectivity index (χ1v) is 11.1. The number of hydrogen-bond donors (Lipinski definition) is 2. The molecule has 3 rings (SSSR count). The van der Waals surface area contributed by atoms with Crippen molar-refractivity contribution >= 4 is 23.4 Å². The number of amides is 3. The van der Waals surface area contributed by atoms with Gasteiger partial charge in [-0.1, -0.05) is 25.3 Å². The SMILES string of the molecule is CN(C)C(=O)c1cccc(NC(=O)CN2CCCC(C(=O)NC3CCCCC3)C2)c1. The number of piperidine rings is 1. The first-order valence-electron chi connectivity index (χ1n) is 11.1. The number of rotatable bonds is 6. The lowest BCUT2D eigenvalue weighted by molar-refractivity contribution is -0.128. The van der Waals surface area contributed by atoms with Crippen molar-refractivity contribution in [3.8, 4) is 0 Å². The monoisotopic (exact) mass is 414 g/mol. The second kappa shape index (κ2) is 10.6. The van der Waals surface area contributed by atoms with Crippen LogP contribution in [-0.4, -0.2) is 67.3 Å². The molecular formula is C23H34N4O3. The molecule has 1 atom stereocenters. The van der Waals surface area contributed by atoms with Gasteiger partial charge < -0.3 is 15.5 Å². The van der Waals surface area contributed by atoms with Gasteiger partial charge in [0, 0.05) is 37.9 Å². The molecule has 1 saturated heterocycles. The van der Waals surface area contributed by atoms with Crippen molar-refractivity contribution in [2.45, 2.75) is 51.0 Å². The highest BCUT2D eigenvalue weighted by atomic mass is 16.2. The first kappa shape index (κ1) is 22.3. The summed E-state index contributed by atoms with van der Waals surface area (Å²) in [5.41, 5.74) is 1.14. The molecule has 2 aliphatic rings. The van der Waals surface area contributed by atoms with E-state index in [1.807, 2.05) is 0 Å². The summed E-state index contributed by atoms with van der Waals surface area (Å²) in [4.78, 5) is 40.9. The van der Waals surface area contributed by atoms with Crippen LogP contribution >= 0.6 is 0 Å². The predicted molar refractivity (Wildman–Crippen MR) is 117 cm³/mol. The highest BCUT2D eigenvalue weighted by Gasteiger charge is 2.28. The van der Waals surface area contributed by atoms with Crippen LogP contribution in [0.2, 0.25) is 0 Å². The molecule has 7 heteroatoms. The summed E-state index contributed by atoms with van der Waals surface area (Å²) >= 11 is 0. The van der Waals surface area contributed by atoms with E-state index in [1.165, 1.54) is 24.2 Å². The third kappa shape index (κ3) is 6.29. The molecule has 30 heavy (non-hydrogen) atoms. The maximum absolute atomic E-state index is 12.7. The van der Waals surface area contributed by atoms with Crippen molar-refractivity contribution in [1.29, 1.82) is 0 Å². The largest absolute Gasteiger partial charge is 0.353 e. The Labute approximate surface area is 179 Å². The summed E-state index contributed by atoms with van der Waals surface area (Å²) < 4.78 is 0. The quantitative estimate of drug-likeness (QED) is 0.749. The lowest BCUT2D eigenvalue weighted by Crippen LogP contribution is -2.47. The fourth-order valence-corrected chi connectivity index (χ4v) is 4.37. The molecule has 1 aliphatic heterocycles. The normalized spacial score (nSPS) is 20.4. The van der Waals surface area contributed by atoms with Gasteiger partial charge in [0.05, 0.1) is 12.5 Å². The highest BCUT2D eigenvalue weighted by Crippen LogP contribution is 2.21. The number of hydrogen-bond acceptors (Lipinski definition) is 4. The number of carbonyl (C=O) groups is 3. The zero-order valence-electron chi connectivity index (χ0n) is 18.2. The van der Waals surface area contributed by atoms with Crippen molar-refractivity contribution in [2.24, 2.45) is 5.92 Å². The van der Waals surface area contributed by atoms with E-state index in [-0.39, 0.29) is 30.2 Å². The maximum Gasteiger partial charge on any atom is 0.253 e. The zero-order chi connectivity index (χ0) is 21.5. The van der Waals surface area contributed by atoms with Gasteiger partial charge in [-0.2, -0.15) is 0 Å². The van der Waals surface area contributed by atoms with Gasteiger partial charge in [-0.15, -0.1) is 0 Å². The van der Waals surface area contributed by atoms with Gasteiger partial charge in [0.1, 0.15) is 0 Å². The van der Waals surface area contributed by atoms with E-state index < -0.39 is 0 Å². The van der Waals surface area contributed by atoms with Crippen LogP contribution in [0.15, 0.2) is 24.3 Å². The summed E-state index contributed by atoms with van der Waals surface area (Å²) in [6, 6.07) is 7.29. The van der Waals surface area contributed by atoms with Gasteiger partial charge in [-0.25, -0.2) is 0 Å². The lowest BCUT2D eigenvalue weighted by atomic mass is 9.93. The second-order valence-electron chi connectivity index (χ2n) is 8.75. The number of carbonyl (C=O) groups excluding carboxylic acids is 3. The Kier molecular flexibility index (Phi) is 7.85. The van der Waals surface area contributed by atoms with Crippen LogP contribution in [0.1, 0.15) is 55.3 Å². The molecule has 1 aromatic carbocycles. The van der Waals surface area contributed by atoms with Crippen LogP contribution in [0.5, 0.6) is 0 Å². The Morgan fingerprint density at radius 1 is 1.07 bits per heavy atom. The Bertz CT molecular complexity index is 759. The van der Waals surface area contributed by atoms with E-state index in [0.717, 1.165) is 32.2 Å². The van der Waals surface area contributed by atoms with Crippen LogP contribution in [-0.2, 0) is 9.59 Å². The third-order valence-electron chi connectivity index (χ3n) is 5.99. The van der Waals surface area contributed by atoms with Gasteiger partial charge in [0.25, 0.3) is 5.91 Å². The number of likely N-dealkylation sites (tertiary alicyclic amines) is 1. The average Bonchev–Trinajstić information content (AvgIpc) is 2.74. The predicted octanol–water partition coefficient (Wildman–Crippen LogP) is 2.49. The van der Waals surface area contributed by atoms with Gasteiger partial charge >= 0.3 is 0 Å². The molecule has 0 spiro atoms. The summed E-state index contributed by atoms with van der Waals surface area (Å²) in [5, 5.41) is 6.11. The smallest absolute Gasteiger partial charge is 0.253 e. The number of nitrogens with zero attached hydrogens (tertiary/aromatic N) is 2. The molecule has 2 fully saturated rings. The molecule has 3 amide bonds. The fourth-order valence-electron chi connectivity index (χ4n) is 4.37. The maximum atomic E-state index is 12.7. The summed E-state index contributed by atoms with van der Waals surface area (Å²) in [6.45, 7) is 1.68. The average molecular weight is 415 g/mol. The molecule has 1 aliphatic carbocycles. The third-order valence-corrected chi connectivity index (χ3v) is 5.99. The molecule has 164 valence electrons. The molecular weight excluding hydrogens is 380 g/mol. The minimum Gasteiger partial charge on any atom is -0.353 e. The Morgan fingerprint density at radius 2 is 1.83 bits per heavy atom. The fraction of sp³-hybridized carbons (Fsp3) is 0.609. The first-order chi connectivity index (χ1) is 14.4. The van der Waals surface area contributed by atoms with E-state index in [2.05, 4.69) is 15.5 Å². The van der Waals surface area contributed by atoms with Crippen molar-refractivity contribution in [3.05, 3.63) is 29.8 Å². The molecule has 1 unspecified atom stereocenters. The van der Waals surface area contributed by atoms with Crippen LogP contribution in [0.3, 0.4) is 0 Å². The number of anilines is 1. The molecule has 0 bridgehead atoms. The molecule has 1 heterocycles. The van der Waals surface area contributed by atoms with E-state index in [0.29, 0.717) is 23.8 Å². The van der Waals surface area contributed by atoms with Crippen molar-refractivity contribution in [2.75, 3.05) is 39.0 Å². The Balaban J connectivity index is 1.49. The topological polar surface area (TPSA) is 81.8 Å².